The van der Waals surface area contributed by atoms with Crippen LogP contribution in [0.5, 0.6) is 5.75 Å². The van der Waals surface area contributed by atoms with Gasteiger partial charge < -0.3 is 4.74 Å². The van der Waals surface area contributed by atoms with Crippen molar-refractivity contribution in [2.75, 3.05) is 13.2 Å². The van der Waals surface area contributed by atoms with Crippen molar-refractivity contribution in [3.63, 3.8) is 0 Å². The van der Waals surface area contributed by atoms with Crippen molar-refractivity contribution in [2.45, 2.75) is 33.7 Å². The van der Waals surface area contributed by atoms with Crippen LogP contribution in [0.3, 0.4) is 0 Å². The Balaban J connectivity index is 2.73. The molecule has 0 saturated carbocycles. The number of nitriles is 1. The molecule has 0 bridgehead atoms. The highest BCUT2D eigenvalue weighted by molar-refractivity contribution is 5.42. The zero-order valence-corrected chi connectivity index (χ0v) is 11.0. The van der Waals surface area contributed by atoms with Crippen molar-refractivity contribution >= 4 is 0 Å². The standard InChI is InChI=1S/C14H20N2O/c1-5-16-13(8-15)9-17-14-11(3)6-10(2)7-12(14)4/h6-7,13,16H,5,9H2,1-4H3. The molecular weight excluding hydrogens is 212 g/mol. The molecule has 17 heavy (non-hydrogen) atoms. The van der Waals surface area contributed by atoms with Crippen molar-refractivity contribution in [1.29, 1.82) is 5.26 Å². The first-order valence-electron chi connectivity index (χ1n) is 5.92. The molecule has 1 atom stereocenters. The number of hydrogen-bond acceptors (Lipinski definition) is 3. The summed E-state index contributed by atoms with van der Waals surface area (Å²) >= 11 is 0. The molecule has 1 aromatic carbocycles. The van der Waals surface area contributed by atoms with Crippen molar-refractivity contribution in [2.24, 2.45) is 0 Å². The Labute approximate surface area is 103 Å². The summed E-state index contributed by atoms with van der Waals surface area (Å²) in [5.41, 5.74) is 3.47. The number of rotatable bonds is 5. The van der Waals surface area contributed by atoms with Crippen LogP contribution in [0.15, 0.2) is 12.1 Å². The molecule has 0 radical (unpaired) electrons. The highest BCUT2D eigenvalue weighted by Crippen LogP contribution is 2.24. The molecule has 1 unspecified atom stereocenters. The average Bonchev–Trinajstić information content (AvgIpc) is 2.26. The zero-order valence-electron chi connectivity index (χ0n) is 11.0. The SMILES string of the molecule is CCNC(C#N)COc1c(C)cc(C)cc1C. The van der Waals surface area contributed by atoms with E-state index in [0.717, 1.165) is 23.4 Å². The second-order valence-corrected chi connectivity index (χ2v) is 4.28. The van der Waals surface area contributed by atoms with E-state index in [2.05, 4.69) is 30.4 Å². The van der Waals surface area contributed by atoms with Crippen LogP contribution in [0.25, 0.3) is 0 Å². The molecule has 1 rings (SSSR count). The average molecular weight is 232 g/mol. The van der Waals surface area contributed by atoms with Gasteiger partial charge in [-0.15, -0.1) is 0 Å². The Morgan fingerprint density at radius 2 is 1.88 bits per heavy atom. The summed E-state index contributed by atoms with van der Waals surface area (Å²) in [6.07, 6.45) is 0. The van der Waals surface area contributed by atoms with Crippen molar-refractivity contribution < 1.29 is 4.74 Å². The second kappa shape index (κ2) is 6.27. The summed E-state index contributed by atoms with van der Waals surface area (Å²) in [6.45, 7) is 9.27. The van der Waals surface area contributed by atoms with Crippen LogP contribution >= 0.6 is 0 Å². The molecule has 92 valence electrons. The van der Waals surface area contributed by atoms with Crippen LogP contribution in [-0.4, -0.2) is 19.2 Å². The Kier molecular flexibility index (Phi) is 4.99. The molecule has 0 spiro atoms. The largest absolute Gasteiger partial charge is 0.490 e. The minimum Gasteiger partial charge on any atom is -0.490 e. The first kappa shape index (κ1) is 13.5. The summed E-state index contributed by atoms with van der Waals surface area (Å²) in [6, 6.07) is 6.13. The van der Waals surface area contributed by atoms with E-state index in [-0.39, 0.29) is 6.04 Å². The van der Waals surface area contributed by atoms with Gasteiger partial charge in [-0.25, -0.2) is 0 Å². The molecule has 0 aliphatic heterocycles. The lowest BCUT2D eigenvalue weighted by molar-refractivity contribution is 0.287. The smallest absolute Gasteiger partial charge is 0.130 e. The maximum atomic E-state index is 8.93. The fourth-order valence-electron chi connectivity index (χ4n) is 1.95. The molecule has 0 saturated heterocycles. The Morgan fingerprint density at radius 3 is 2.35 bits per heavy atom. The Hall–Kier alpha value is -1.53. The van der Waals surface area contributed by atoms with Crippen LogP contribution in [0.2, 0.25) is 0 Å². The molecule has 1 aromatic rings. The topological polar surface area (TPSA) is 45.0 Å². The lowest BCUT2D eigenvalue weighted by Gasteiger charge is -2.15. The summed E-state index contributed by atoms with van der Waals surface area (Å²) in [5, 5.41) is 12.0. The molecule has 0 amide bonds. The third-order valence-corrected chi connectivity index (χ3v) is 2.61. The maximum Gasteiger partial charge on any atom is 0.130 e. The Morgan fingerprint density at radius 1 is 1.29 bits per heavy atom. The number of aryl methyl sites for hydroxylation is 3. The minimum absolute atomic E-state index is 0.250. The van der Waals surface area contributed by atoms with Gasteiger partial charge >= 0.3 is 0 Å². The van der Waals surface area contributed by atoms with Gasteiger partial charge in [0.15, 0.2) is 0 Å². The number of ether oxygens (including phenoxy) is 1. The van der Waals surface area contributed by atoms with E-state index in [1.807, 2.05) is 20.8 Å². The third-order valence-electron chi connectivity index (χ3n) is 2.61. The van der Waals surface area contributed by atoms with Gasteiger partial charge in [0.1, 0.15) is 18.4 Å². The number of nitrogens with one attached hydrogen (secondary N) is 1. The second-order valence-electron chi connectivity index (χ2n) is 4.28. The van der Waals surface area contributed by atoms with E-state index >= 15 is 0 Å². The van der Waals surface area contributed by atoms with Crippen molar-refractivity contribution in [1.82, 2.24) is 5.32 Å². The highest BCUT2D eigenvalue weighted by atomic mass is 16.5. The normalized spacial score (nSPS) is 11.9. The van der Waals surface area contributed by atoms with E-state index < -0.39 is 0 Å². The van der Waals surface area contributed by atoms with Crippen LogP contribution in [0.1, 0.15) is 23.6 Å². The van der Waals surface area contributed by atoms with E-state index in [0.29, 0.717) is 6.61 Å². The quantitative estimate of drug-likeness (QED) is 0.848. The van der Waals surface area contributed by atoms with Gasteiger partial charge in [-0.2, -0.15) is 5.26 Å². The molecule has 1 N–H and O–H groups in total. The van der Waals surface area contributed by atoms with Crippen molar-refractivity contribution in [3.8, 4) is 11.8 Å². The molecule has 0 aliphatic carbocycles. The van der Waals surface area contributed by atoms with Gasteiger partial charge in [0.05, 0.1) is 6.07 Å². The first-order valence-corrected chi connectivity index (χ1v) is 5.92. The van der Waals surface area contributed by atoms with Gasteiger partial charge in [-0.3, -0.25) is 5.32 Å². The third kappa shape index (κ3) is 3.76. The number of likely N-dealkylation sites (N-methyl/N-ethyl adjacent to an activating group) is 1. The monoisotopic (exact) mass is 232 g/mol. The Bertz CT molecular complexity index is 398. The predicted molar refractivity (Wildman–Crippen MR) is 69.2 cm³/mol. The van der Waals surface area contributed by atoms with E-state index in [4.69, 9.17) is 10.00 Å². The maximum absolute atomic E-state index is 8.93. The molecule has 3 nitrogen and oxygen atoms in total. The van der Waals surface area contributed by atoms with Crippen LogP contribution in [-0.2, 0) is 0 Å². The molecule has 3 heteroatoms. The fraction of sp³-hybridized carbons (Fsp3) is 0.500. The summed E-state index contributed by atoms with van der Waals surface area (Å²) in [4.78, 5) is 0. The molecule has 0 aliphatic rings. The summed E-state index contributed by atoms with van der Waals surface area (Å²) in [5.74, 6) is 0.897. The molecule has 0 fully saturated rings. The molecular formula is C14H20N2O. The predicted octanol–water partition coefficient (Wildman–Crippen LogP) is 2.49. The summed E-state index contributed by atoms with van der Waals surface area (Å²) in [7, 11) is 0. The zero-order chi connectivity index (χ0) is 12.8. The number of benzene rings is 1. The fourth-order valence-corrected chi connectivity index (χ4v) is 1.95. The lowest BCUT2D eigenvalue weighted by Crippen LogP contribution is -2.33. The van der Waals surface area contributed by atoms with Gasteiger partial charge in [-0.1, -0.05) is 24.6 Å². The van der Waals surface area contributed by atoms with Gasteiger partial charge in [-0.05, 0) is 38.4 Å². The molecule has 0 heterocycles. The van der Waals surface area contributed by atoms with Crippen LogP contribution in [0.4, 0.5) is 0 Å². The van der Waals surface area contributed by atoms with E-state index in [9.17, 15) is 0 Å². The van der Waals surface area contributed by atoms with Crippen molar-refractivity contribution in [3.05, 3.63) is 28.8 Å². The van der Waals surface area contributed by atoms with Crippen LogP contribution < -0.4 is 10.1 Å². The summed E-state index contributed by atoms with van der Waals surface area (Å²) < 4.78 is 5.74. The van der Waals surface area contributed by atoms with E-state index in [1.165, 1.54) is 5.56 Å². The first-order chi connectivity index (χ1) is 8.08. The van der Waals surface area contributed by atoms with Gasteiger partial charge in [0, 0.05) is 0 Å². The lowest BCUT2D eigenvalue weighted by atomic mass is 10.1. The van der Waals surface area contributed by atoms with Gasteiger partial charge in [0.25, 0.3) is 0 Å². The van der Waals surface area contributed by atoms with Crippen LogP contribution in [0, 0.1) is 32.1 Å². The number of nitrogens with zero attached hydrogens (tertiary/aromatic N) is 1. The highest BCUT2D eigenvalue weighted by Gasteiger charge is 2.09. The minimum atomic E-state index is -0.250. The van der Waals surface area contributed by atoms with Gasteiger partial charge in [0.2, 0.25) is 0 Å². The molecule has 0 aromatic heterocycles. The van der Waals surface area contributed by atoms with E-state index in [1.54, 1.807) is 0 Å². The number of hydrogen-bond donors (Lipinski definition) is 1.